The van der Waals surface area contributed by atoms with Gasteiger partial charge in [0.2, 0.25) is 0 Å². The highest BCUT2D eigenvalue weighted by Gasteiger charge is 2.35. The van der Waals surface area contributed by atoms with Crippen LogP contribution in [0.2, 0.25) is 0 Å². The Morgan fingerprint density at radius 3 is 2.22 bits per heavy atom. The first-order valence-corrected chi connectivity index (χ1v) is 8.00. The summed E-state index contributed by atoms with van der Waals surface area (Å²) in [6.07, 6.45) is 7.43. The molecule has 104 valence electrons. The van der Waals surface area contributed by atoms with Gasteiger partial charge in [0, 0.05) is 5.33 Å². The Labute approximate surface area is 118 Å². The molecule has 0 aromatic heterocycles. The summed E-state index contributed by atoms with van der Waals surface area (Å²) in [4.78, 5) is 0. The SMILES string of the molecule is BrCCOCCOCCOCC1CC2C=CC1C2. The van der Waals surface area contributed by atoms with Gasteiger partial charge in [-0.25, -0.2) is 0 Å². The second-order valence-electron chi connectivity index (χ2n) is 5.03. The second-order valence-corrected chi connectivity index (χ2v) is 5.82. The van der Waals surface area contributed by atoms with Crippen molar-refractivity contribution in [2.75, 3.05) is 45.0 Å². The van der Waals surface area contributed by atoms with E-state index in [4.69, 9.17) is 14.2 Å². The molecular formula is C14H23BrO3. The largest absolute Gasteiger partial charge is 0.379 e. The minimum Gasteiger partial charge on any atom is -0.379 e. The van der Waals surface area contributed by atoms with Crippen LogP contribution in [0.5, 0.6) is 0 Å². The van der Waals surface area contributed by atoms with E-state index in [-0.39, 0.29) is 0 Å². The molecule has 0 radical (unpaired) electrons. The molecule has 2 aliphatic rings. The number of fused-ring (bicyclic) bond motifs is 2. The van der Waals surface area contributed by atoms with Gasteiger partial charge < -0.3 is 14.2 Å². The minimum absolute atomic E-state index is 0.660. The Hall–Kier alpha value is 0.100. The third-order valence-electron chi connectivity index (χ3n) is 3.71. The van der Waals surface area contributed by atoms with Gasteiger partial charge in [0.15, 0.2) is 0 Å². The first-order valence-electron chi connectivity index (χ1n) is 6.87. The fraction of sp³-hybridized carbons (Fsp3) is 0.857. The molecule has 0 amide bonds. The molecule has 0 aliphatic heterocycles. The standard InChI is InChI=1S/C14H23BrO3/c15-3-4-16-5-6-17-7-8-18-11-14-10-12-1-2-13(14)9-12/h1-2,12-14H,3-11H2. The monoisotopic (exact) mass is 318 g/mol. The zero-order valence-electron chi connectivity index (χ0n) is 10.9. The first kappa shape index (κ1) is 14.5. The number of hydrogen-bond donors (Lipinski definition) is 0. The molecule has 2 bridgehead atoms. The zero-order chi connectivity index (χ0) is 12.6. The summed E-state index contributed by atoms with van der Waals surface area (Å²) in [5.74, 6) is 2.38. The quantitative estimate of drug-likeness (QED) is 0.352. The van der Waals surface area contributed by atoms with Crippen molar-refractivity contribution < 1.29 is 14.2 Å². The van der Waals surface area contributed by atoms with Gasteiger partial charge >= 0.3 is 0 Å². The number of hydrogen-bond acceptors (Lipinski definition) is 3. The molecule has 0 saturated heterocycles. The van der Waals surface area contributed by atoms with Gasteiger partial charge in [-0.15, -0.1) is 0 Å². The van der Waals surface area contributed by atoms with Crippen LogP contribution in [0.4, 0.5) is 0 Å². The van der Waals surface area contributed by atoms with E-state index in [1.54, 1.807) is 0 Å². The van der Waals surface area contributed by atoms with E-state index in [2.05, 4.69) is 28.1 Å². The Morgan fingerprint density at radius 1 is 0.889 bits per heavy atom. The smallest absolute Gasteiger partial charge is 0.0701 e. The average molecular weight is 319 g/mol. The van der Waals surface area contributed by atoms with Crippen molar-refractivity contribution in [3.8, 4) is 0 Å². The summed E-state index contributed by atoms with van der Waals surface area (Å²) in [5, 5.41) is 0.883. The lowest BCUT2D eigenvalue weighted by molar-refractivity contribution is 0.00764. The Morgan fingerprint density at radius 2 is 1.61 bits per heavy atom. The number of ether oxygens (including phenoxy) is 3. The van der Waals surface area contributed by atoms with Crippen molar-refractivity contribution in [3.63, 3.8) is 0 Å². The van der Waals surface area contributed by atoms with Gasteiger partial charge in [-0.1, -0.05) is 28.1 Å². The van der Waals surface area contributed by atoms with Gasteiger partial charge in [0.1, 0.15) is 0 Å². The van der Waals surface area contributed by atoms with Gasteiger partial charge in [0.05, 0.1) is 39.6 Å². The van der Waals surface area contributed by atoms with Crippen molar-refractivity contribution in [2.45, 2.75) is 12.8 Å². The molecule has 3 atom stereocenters. The molecule has 0 spiro atoms. The molecule has 2 aliphatic carbocycles. The summed E-state index contributed by atoms with van der Waals surface area (Å²) in [7, 11) is 0. The second kappa shape index (κ2) is 8.31. The zero-order valence-corrected chi connectivity index (χ0v) is 12.4. The molecule has 0 N–H and O–H groups in total. The maximum atomic E-state index is 5.69. The van der Waals surface area contributed by atoms with Crippen LogP contribution in [0, 0.1) is 17.8 Å². The molecule has 4 heteroatoms. The maximum Gasteiger partial charge on any atom is 0.0701 e. The summed E-state index contributed by atoms with van der Waals surface area (Å²) in [6, 6.07) is 0. The molecule has 1 saturated carbocycles. The summed E-state index contributed by atoms with van der Waals surface area (Å²) in [6.45, 7) is 4.35. The predicted octanol–water partition coefficient (Wildman–Crippen LogP) is 2.64. The number of alkyl halides is 1. The lowest BCUT2D eigenvalue weighted by Crippen LogP contribution is -2.17. The van der Waals surface area contributed by atoms with E-state index >= 15 is 0 Å². The van der Waals surface area contributed by atoms with Crippen molar-refractivity contribution in [1.82, 2.24) is 0 Å². The molecule has 1 fully saturated rings. The molecule has 0 aromatic rings. The Bertz CT molecular complexity index is 257. The third kappa shape index (κ3) is 4.65. The highest BCUT2D eigenvalue weighted by atomic mass is 79.9. The van der Waals surface area contributed by atoms with Crippen LogP contribution in [0.25, 0.3) is 0 Å². The van der Waals surface area contributed by atoms with Crippen molar-refractivity contribution >= 4 is 15.9 Å². The molecular weight excluding hydrogens is 296 g/mol. The van der Waals surface area contributed by atoms with E-state index in [0.29, 0.717) is 26.4 Å². The topological polar surface area (TPSA) is 27.7 Å². The van der Waals surface area contributed by atoms with E-state index in [1.807, 2.05) is 0 Å². The maximum absolute atomic E-state index is 5.69. The summed E-state index contributed by atoms with van der Waals surface area (Å²) < 4.78 is 16.4. The average Bonchev–Trinajstić information content (AvgIpc) is 2.99. The predicted molar refractivity (Wildman–Crippen MR) is 75.1 cm³/mol. The van der Waals surface area contributed by atoms with Crippen LogP contribution in [0.1, 0.15) is 12.8 Å². The molecule has 0 aromatic carbocycles. The lowest BCUT2D eigenvalue weighted by atomic mass is 9.95. The van der Waals surface area contributed by atoms with Crippen LogP contribution in [-0.2, 0) is 14.2 Å². The fourth-order valence-corrected chi connectivity index (χ4v) is 3.04. The Balaban J connectivity index is 1.37. The highest BCUT2D eigenvalue weighted by Crippen LogP contribution is 2.43. The highest BCUT2D eigenvalue weighted by molar-refractivity contribution is 9.09. The number of allylic oxidation sites excluding steroid dienone is 2. The van der Waals surface area contributed by atoms with Crippen LogP contribution in [0.3, 0.4) is 0 Å². The number of rotatable bonds is 10. The molecule has 3 nitrogen and oxygen atoms in total. The first-order chi connectivity index (χ1) is 8.90. The van der Waals surface area contributed by atoms with Crippen LogP contribution in [-0.4, -0.2) is 45.0 Å². The lowest BCUT2D eigenvalue weighted by Gasteiger charge is -2.17. The molecule has 2 rings (SSSR count). The van der Waals surface area contributed by atoms with Crippen molar-refractivity contribution in [1.29, 1.82) is 0 Å². The van der Waals surface area contributed by atoms with E-state index < -0.39 is 0 Å². The van der Waals surface area contributed by atoms with Crippen LogP contribution in [0.15, 0.2) is 12.2 Å². The molecule has 3 unspecified atom stereocenters. The summed E-state index contributed by atoms with van der Waals surface area (Å²) >= 11 is 3.31. The van der Waals surface area contributed by atoms with E-state index in [1.165, 1.54) is 12.8 Å². The Kier molecular flexibility index (Phi) is 6.70. The van der Waals surface area contributed by atoms with Crippen LogP contribution < -0.4 is 0 Å². The van der Waals surface area contributed by atoms with Crippen molar-refractivity contribution in [2.24, 2.45) is 17.8 Å². The molecule has 18 heavy (non-hydrogen) atoms. The van der Waals surface area contributed by atoms with Gasteiger partial charge in [-0.05, 0) is 30.6 Å². The molecule has 0 heterocycles. The van der Waals surface area contributed by atoms with Gasteiger partial charge in [-0.3, -0.25) is 0 Å². The van der Waals surface area contributed by atoms with Gasteiger partial charge in [-0.2, -0.15) is 0 Å². The summed E-state index contributed by atoms with van der Waals surface area (Å²) in [5.41, 5.74) is 0. The van der Waals surface area contributed by atoms with Crippen LogP contribution >= 0.6 is 15.9 Å². The minimum atomic E-state index is 0.660. The third-order valence-corrected chi connectivity index (χ3v) is 4.04. The fourth-order valence-electron chi connectivity index (χ4n) is 2.82. The number of halogens is 1. The van der Waals surface area contributed by atoms with Gasteiger partial charge in [0.25, 0.3) is 0 Å². The van der Waals surface area contributed by atoms with E-state index in [0.717, 1.165) is 36.3 Å². The van der Waals surface area contributed by atoms with Crippen molar-refractivity contribution in [3.05, 3.63) is 12.2 Å². The van der Waals surface area contributed by atoms with E-state index in [9.17, 15) is 0 Å². The normalized spacial score (nSPS) is 29.3.